The number of carbonyl (C=O) groups excluding carboxylic acids is 1. The molecule has 1 amide bonds. The summed E-state index contributed by atoms with van der Waals surface area (Å²) < 4.78 is 41.4. The maximum atomic E-state index is 12.5. The van der Waals surface area contributed by atoms with Crippen LogP contribution in [0.3, 0.4) is 0 Å². The number of piperazine rings is 1. The maximum absolute atomic E-state index is 12.5. The molecule has 1 fully saturated rings. The Morgan fingerprint density at radius 3 is 2.38 bits per heavy atom. The molecular weight excluding hydrogens is 387 g/mol. The smallest absolute Gasteiger partial charge is 0.506 e. The van der Waals surface area contributed by atoms with Crippen LogP contribution >= 0.6 is 0 Å². The molecular formula is C20H22F3N3O3. The number of carbonyl (C=O) groups is 1. The Bertz CT molecular complexity index is 837. The molecule has 0 atom stereocenters. The Morgan fingerprint density at radius 1 is 1.03 bits per heavy atom. The van der Waals surface area contributed by atoms with Crippen molar-refractivity contribution in [1.82, 2.24) is 10.2 Å². The first kappa shape index (κ1) is 20.8. The van der Waals surface area contributed by atoms with Crippen LogP contribution in [-0.4, -0.2) is 55.0 Å². The minimum absolute atomic E-state index is 0.0526. The fourth-order valence-electron chi connectivity index (χ4n) is 3.21. The molecule has 2 aromatic carbocycles. The number of nitrogens with zero attached hydrogens (tertiary/aromatic N) is 2. The van der Waals surface area contributed by atoms with Gasteiger partial charge in [0.25, 0.3) is 0 Å². The highest BCUT2D eigenvalue weighted by Gasteiger charge is 2.32. The predicted molar refractivity (Wildman–Crippen MR) is 102 cm³/mol. The van der Waals surface area contributed by atoms with Gasteiger partial charge in [0, 0.05) is 38.3 Å². The Morgan fingerprint density at radius 2 is 1.69 bits per heavy atom. The first-order valence-electron chi connectivity index (χ1n) is 9.17. The molecule has 0 bridgehead atoms. The lowest BCUT2D eigenvalue weighted by molar-refractivity contribution is -0.274. The molecule has 6 nitrogen and oxygen atoms in total. The van der Waals surface area contributed by atoms with Gasteiger partial charge in [-0.1, -0.05) is 30.3 Å². The fraction of sp³-hybridized carbons (Fsp3) is 0.350. The van der Waals surface area contributed by atoms with E-state index in [0.29, 0.717) is 26.2 Å². The van der Waals surface area contributed by atoms with E-state index in [1.54, 1.807) is 18.2 Å². The Balaban J connectivity index is 1.47. The summed E-state index contributed by atoms with van der Waals surface area (Å²) in [5.74, 6) is -0.377. The van der Waals surface area contributed by atoms with Crippen molar-refractivity contribution in [2.24, 2.45) is 0 Å². The predicted octanol–water partition coefficient (Wildman–Crippen LogP) is 2.73. The largest absolute Gasteiger partial charge is 0.573 e. The molecule has 2 N–H and O–H groups in total. The first-order chi connectivity index (χ1) is 13.8. The van der Waals surface area contributed by atoms with Gasteiger partial charge in [-0.15, -0.1) is 13.2 Å². The Labute approximate surface area is 166 Å². The lowest BCUT2D eigenvalue weighted by Gasteiger charge is -2.35. The van der Waals surface area contributed by atoms with E-state index in [1.165, 1.54) is 18.2 Å². The van der Waals surface area contributed by atoms with Gasteiger partial charge in [0.15, 0.2) is 0 Å². The standard InChI is InChI=1S/C20H22F3N3O3/c21-20(22,23)29-18-8-4-1-5-15(18)13-24-19(28)14-25-9-11-26(12-10-25)16-6-2-3-7-17(16)27/h1-8,27H,9-14H2,(H,24,28). The van der Waals surface area contributed by atoms with E-state index < -0.39 is 6.36 Å². The van der Waals surface area contributed by atoms with E-state index in [4.69, 9.17) is 0 Å². The highest BCUT2D eigenvalue weighted by Crippen LogP contribution is 2.27. The third kappa shape index (κ3) is 6.02. The van der Waals surface area contributed by atoms with Gasteiger partial charge in [0.05, 0.1) is 12.2 Å². The number of anilines is 1. The molecule has 0 saturated carbocycles. The number of halogens is 3. The maximum Gasteiger partial charge on any atom is 0.573 e. The number of nitrogens with one attached hydrogen (secondary N) is 1. The lowest BCUT2D eigenvalue weighted by Crippen LogP contribution is -2.49. The van der Waals surface area contributed by atoms with Crippen molar-refractivity contribution in [3.63, 3.8) is 0 Å². The van der Waals surface area contributed by atoms with E-state index in [-0.39, 0.29) is 36.1 Å². The lowest BCUT2D eigenvalue weighted by atomic mass is 10.2. The molecule has 3 rings (SSSR count). The molecule has 1 heterocycles. The summed E-state index contributed by atoms with van der Waals surface area (Å²) in [6.45, 7) is 2.69. The summed E-state index contributed by atoms with van der Waals surface area (Å²) in [4.78, 5) is 16.2. The number of amides is 1. The number of hydrogen-bond donors (Lipinski definition) is 2. The number of ether oxygens (including phenoxy) is 1. The minimum Gasteiger partial charge on any atom is -0.506 e. The normalized spacial score (nSPS) is 15.2. The van der Waals surface area contributed by atoms with E-state index in [2.05, 4.69) is 15.0 Å². The van der Waals surface area contributed by atoms with Gasteiger partial charge in [0.1, 0.15) is 11.5 Å². The van der Waals surface area contributed by atoms with Gasteiger partial charge in [0.2, 0.25) is 5.91 Å². The Hall–Kier alpha value is -2.94. The van der Waals surface area contributed by atoms with Gasteiger partial charge in [-0.2, -0.15) is 0 Å². The van der Waals surface area contributed by atoms with Crippen LogP contribution in [0.25, 0.3) is 0 Å². The zero-order chi connectivity index (χ0) is 20.9. The fourth-order valence-corrected chi connectivity index (χ4v) is 3.21. The summed E-state index contributed by atoms with van der Waals surface area (Å²) in [7, 11) is 0. The van der Waals surface area contributed by atoms with Crippen LogP contribution < -0.4 is 15.0 Å². The average molecular weight is 409 g/mol. The summed E-state index contributed by atoms with van der Waals surface area (Å²) >= 11 is 0. The molecule has 2 aromatic rings. The van der Waals surface area contributed by atoms with Crippen molar-refractivity contribution >= 4 is 11.6 Å². The average Bonchev–Trinajstić information content (AvgIpc) is 2.67. The quantitative estimate of drug-likeness (QED) is 0.768. The zero-order valence-electron chi connectivity index (χ0n) is 15.7. The topological polar surface area (TPSA) is 65.0 Å². The molecule has 9 heteroatoms. The monoisotopic (exact) mass is 409 g/mol. The van der Waals surface area contributed by atoms with Gasteiger partial charge < -0.3 is 20.1 Å². The number of para-hydroxylation sites is 3. The van der Waals surface area contributed by atoms with Crippen LogP contribution in [0.4, 0.5) is 18.9 Å². The molecule has 0 spiro atoms. The molecule has 0 aliphatic carbocycles. The van der Waals surface area contributed by atoms with Crippen molar-refractivity contribution in [3.05, 3.63) is 54.1 Å². The Kier molecular flexibility index (Phi) is 6.48. The summed E-state index contributed by atoms with van der Waals surface area (Å²) in [5, 5.41) is 12.6. The third-order valence-corrected chi connectivity index (χ3v) is 4.64. The summed E-state index contributed by atoms with van der Waals surface area (Å²) in [6, 6.07) is 12.8. The number of phenols is 1. The highest BCUT2D eigenvalue weighted by molar-refractivity contribution is 5.78. The van der Waals surface area contributed by atoms with Crippen LogP contribution in [0.1, 0.15) is 5.56 Å². The van der Waals surface area contributed by atoms with Crippen molar-refractivity contribution < 1.29 is 27.8 Å². The van der Waals surface area contributed by atoms with Gasteiger partial charge >= 0.3 is 6.36 Å². The number of phenolic OH excluding ortho intramolecular Hbond substituents is 1. The second-order valence-corrected chi connectivity index (χ2v) is 6.68. The van der Waals surface area contributed by atoms with Crippen molar-refractivity contribution in [3.8, 4) is 11.5 Å². The molecule has 1 aliphatic heterocycles. The SMILES string of the molecule is O=C(CN1CCN(c2ccccc2O)CC1)NCc1ccccc1OC(F)(F)F. The number of alkyl halides is 3. The second kappa shape index (κ2) is 9.04. The third-order valence-electron chi connectivity index (χ3n) is 4.64. The van der Waals surface area contributed by atoms with Gasteiger partial charge in [-0.3, -0.25) is 9.69 Å². The number of benzene rings is 2. The van der Waals surface area contributed by atoms with E-state index >= 15 is 0 Å². The second-order valence-electron chi connectivity index (χ2n) is 6.68. The van der Waals surface area contributed by atoms with E-state index in [9.17, 15) is 23.1 Å². The number of rotatable bonds is 6. The molecule has 0 aromatic heterocycles. The summed E-state index contributed by atoms with van der Waals surface area (Å²) in [6.07, 6.45) is -4.78. The van der Waals surface area contributed by atoms with Crippen LogP contribution in [-0.2, 0) is 11.3 Å². The van der Waals surface area contributed by atoms with E-state index in [1.807, 2.05) is 17.0 Å². The number of aromatic hydroxyl groups is 1. The first-order valence-corrected chi connectivity index (χ1v) is 9.17. The van der Waals surface area contributed by atoms with Gasteiger partial charge in [-0.25, -0.2) is 0 Å². The molecule has 0 radical (unpaired) electrons. The van der Waals surface area contributed by atoms with Crippen LogP contribution in [0, 0.1) is 0 Å². The summed E-state index contributed by atoms with van der Waals surface area (Å²) in [5.41, 5.74) is 1.01. The number of hydrogen-bond acceptors (Lipinski definition) is 5. The van der Waals surface area contributed by atoms with Crippen LogP contribution in [0.2, 0.25) is 0 Å². The van der Waals surface area contributed by atoms with E-state index in [0.717, 1.165) is 5.69 Å². The van der Waals surface area contributed by atoms with Crippen molar-refractivity contribution in [1.29, 1.82) is 0 Å². The molecule has 1 aliphatic rings. The van der Waals surface area contributed by atoms with Crippen molar-refractivity contribution in [2.45, 2.75) is 12.9 Å². The van der Waals surface area contributed by atoms with Crippen LogP contribution in [0.5, 0.6) is 11.5 Å². The molecule has 29 heavy (non-hydrogen) atoms. The molecule has 156 valence electrons. The molecule has 1 saturated heterocycles. The van der Waals surface area contributed by atoms with Crippen molar-refractivity contribution in [2.75, 3.05) is 37.6 Å². The zero-order valence-corrected chi connectivity index (χ0v) is 15.7. The van der Waals surface area contributed by atoms with Crippen LogP contribution in [0.15, 0.2) is 48.5 Å². The molecule has 0 unspecified atom stereocenters. The van der Waals surface area contributed by atoms with Gasteiger partial charge in [-0.05, 0) is 18.2 Å². The highest BCUT2D eigenvalue weighted by atomic mass is 19.4. The minimum atomic E-state index is -4.78.